The van der Waals surface area contributed by atoms with Gasteiger partial charge >= 0.3 is 5.97 Å². The Morgan fingerprint density at radius 1 is 0.815 bits per heavy atom. The van der Waals surface area contributed by atoms with Crippen molar-refractivity contribution < 1.29 is 87.3 Å². The first-order valence-corrected chi connectivity index (χ1v) is 17.1. The van der Waals surface area contributed by atoms with Gasteiger partial charge in [0, 0.05) is 87.4 Å². The molecule has 292 valence electrons. The molecule has 3 rings (SSSR count). The van der Waals surface area contributed by atoms with Crippen molar-refractivity contribution in [3.05, 3.63) is 156 Å². The molecule has 4 nitrogen and oxygen atoms in total. The van der Waals surface area contributed by atoms with Gasteiger partial charge in [-0.05, 0) is 60.6 Å². The molecule has 0 aromatic heterocycles. The summed E-state index contributed by atoms with van der Waals surface area (Å²) >= 11 is 0. The SMILES string of the molecule is C#CC#CC#CC(COCC)OCC.C=CC[CH2-].C=Cc1ccccc1.[CH2-]CC(C)CC(C(=O)OCC(C)c1ccccc1)c1ccccc1.[CH3-].[CH3-].[HH].[HH].[Y].[Y]. The second-order valence-corrected chi connectivity index (χ2v) is 11.0. The zero-order chi connectivity index (χ0) is 37.2. The first kappa shape index (κ1) is 60.7. The van der Waals surface area contributed by atoms with Gasteiger partial charge < -0.3 is 42.9 Å². The largest absolute Gasteiger partial charge is 0.465 e. The maximum absolute atomic E-state index is 12.7. The fourth-order valence-electron chi connectivity index (χ4n) is 4.09. The van der Waals surface area contributed by atoms with Gasteiger partial charge in [-0.2, -0.15) is 12.8 Å². The molecular formula is C48H66O4Y2-4. The molecule has 0 heterocycles. The van der Waals surface area contributed by atoms with Gasteiger partial charge in [0.15, 0.2) is 0 Å². The Bertz CT molecular complexity index is 1480. The van der Waals surface area contributed by atoms with Gasteiger partial charge in [0.05, 0.1) is 19.1 Å². The molecule has 3 aromatic carbocycles. The molecule has 4 unspecified atom stereocenters. The minimum Gasteiger partial charge on any atom is -0.465 e. The van der Waals surface area contributed by atoms with Gasteiger partial charge in [-0.3, -0.25) is 4.79 Å². The number of carbonyl (C=O) groups excluding carboxylic acids is 1. The fraction of sp³-hybridized carbons (Fsp3) is 0.312. The van der Waals surface area contributed by atoms with Crippen LogP contribution in [0.25, 0.3) is 6.08 Å². The number of hydrogen-bond acceptors (Lipinski definition) is 4. The van der Waals surface area contributed by atoms with Crippen LogP contribution in [0.1, 0.15) is 78.3 Å². The summed E-state index contributed by atoms with van der Waals surface area (Å²) in [5.41, 5.74) is 3.38. The van der Waals surface area contributed by atoms with E-state index in [1.54, 1.807) is 6.08 Å². The van der Waals surface area contributed by atoms with Crippen LogP contribution in [0.5, 0.6) is 0 Å². The van der Waals surface area contributed by atoms with Crippen LogP contribution in [0, 0.1) is 70.6 Å². The number of esters is 1. The van der Waals surface area contributed by atoms with Crippen molar-refractivity contribution in [2.24, 2.45) is 5.92 Å². The summed E-state index contributed by atoms with van der Waals surface area (Å²) in [4.78, 5) is 12.7. The van der Waals surface area contributed by atoms with E-state index in [1.807, 2.05) is 98.8 Å². The Balaban J connectivity index is -0.000000129. The first-order valence-electron chi connectivity index (χ1n) is 17.1. The number of ether oxygens (including phenoxy) is 3. The van der Waals surface area contributed by atoms with E-state index in [2.05, 4.69) is 82.6 Å². The number of hydrogen-bond donors (Lipinski definition) is 0. The molecule has 0 aliphatic carbocycles. The van der Waals surface area contributed by atoms with Crippen molar-refractivity contribution in [3.63, 3.8) is 0 Å². The molecule has 0 aliphatic heterocycles. The van der Waals surface area contributed by atoms with Crippen LogP contribution >= 0.6 is 0 Å². The van der Waals surface area contributed by atoms with E-state index in [0.29, 0.717) is 32.3 Å². The monoisotopic (exact) mass is 884 g/mol. The number of allylic oxidation sites excluding steroid dienone is 1. The Hall–Kier alpha value is -2.58. The molecule has 0 aliphatic rings. The standard InChI is InChI=1S/C22H27O2.C12H14O2.C8H8.C4H7.2CH3.2Y.2H2/c1-4-17(2)15-21(20-13-9-6-10-14-20)22(23)24-16-18(3)19-11-7-5-8-12-19;1-4-7-8-9-10-12(14-6-3)11-13-5-2;1-2-8-6-4-3-5-7-8;1-3-4-2;;;;;;/h5-14,17-18,21H,1,4,15-16H2,2-3H3;1,12H,5-6,11H2,2-3H3;2-7H,1H2;3H,1-2,4H2;2*1H3;;;2*1H/q-1;;;3*-1;;;;. The van der Waals surface area contributed by atoms with E-state index in [0.717, 1.165) is 24.8 Å². The van der Waals surface area contributed by atoms with Gasteiger partial charge in [0.25, 0.3) is 0 Å². The quantitative estimate of drug-likeness (QED) is 0.0660. The molecule has 2 radical (unpaired) electrons. The molecule has 0 N–H and O–H groups in total. The van der Waals surface area contributed by atoms with Crippen molar-refractivity contribution in [2.75, 3.05) is 26.4 Å². The third kappa shape index (κ3) is 31.7. The van der Waals surface area contributed by atoms with Crippen LogP contribution in [-0.4, -0.2) is 38.5 Å². The van der Waals surface area contributed by atoms with E-state index >= 15 is 0 Å². The van der Waals surface area contributed by atoms with Gasteiger partial charge in [-0.15, -0.1) is 19.1 Å². The summed E-state index contributed by atoms with van der Waals surface area (Å²) in [5.74, 6) is 12.8. The normalized spacial score (nSPS) is 10.8. The van der Waals surface area contributed by atoms with Crippen molar-refractivity contribution in [2.45, 2.75) is 64.9 Å². The summed E-state index contributed by atoms with van der Waals surface area (Å²) in [6, 6.07) is 30.1. The predicted octanol–water partition coefficient (Wildman–Crippen LogP) is 11.5. The molecule has 0 saturated carbocycles. The maximum atomic E-state index is 12.7. The van der Waals surface area contributed by atoms with Gasteiger partial charge in [0.2, 0.25) is 0 Å². The second kappa shape index (κ2) is 43.1. The number of rotatable bonds is 15. The molecule has 0 spiro atoms. The molecule has 0 fully saturated rings. The van der Waals surface area contributed by atoms with E-state index in [1.165, 1.54) is 11.1 Å². The third-order valence-electron chi connectivity index (χ3n) is 6.97. The van der Waals surface area contributed by atoms with E-state index in [4.69, 9.17) is 20.6 Å². The Kier molecular flexibility index (Phi) is 48.5. The molecule has 4 atom stereocenters. The Labute approximate surface area is 384 Å². The second-order valence-electron chi connectivity index (χ2n) is 11.0. The van der Waals surface area contributed by atoms with Crippen molar-refractivity contribution in [3.8, 4) is 36.0 Å². The first-order chi connectivity index (χ1) is 24.3. The average Bonchev–Trinajstić information content (AvgIpc) is 3.17. The van der Waals surface area contributed by atoms with Crippen LogP contribution in [0.3, 0.4) is 0 Å². The Morgan fingerprint density at radius 3 is 1.76 bits per heavy atom. The maximum Gasteiger partial charge on any atom is 0.313 e. The minimum atomic E-state index is -0.217. The van der Waals surface area contributed by atoms with Crippen LogP contribution in [0.15, 0.2) is 110 Å². The fourth-order valence-corrected chi connectivity index (χ4v) is 4.09. The number of terminal acetylenes is 1. The zero-order valence-electron chi connectivity index (χ0n) is 33.8. The molecule has 54 heavy (non-hydrogen) atoms. The number of benzene rings is 3. The van der Waals surface area contributed by atoms with Gasteiger partial charge in [-0.1, -0.05) is 129 Å². The van der Waals surface area contributed by atoms with Crippen LogP contribution in [0.2, 0.25) is 0 Å². The molecule has 0 bridgehead atoms. The summed E-state index contributed by atoms with van der Waals surface area (Å²) in [6.45, 7) is 24.7. The topological polar surface area (TPSA) is 44.8 Å². The summed E-state index contributed by atoms with van der Waals surface area (Å²) in [7, 11) is 0. The average molecular weight is 885 g/mol. The molecule has 0 amide bonds. The van der Waals surface area contributed by atoms with E-state index in [-0.39, 0.29) is 107 Å². The van der Waals surface area contributed by atoms with E-state index in [9.17, 15) is 4.79 Å². The van der Waals surface area contributed by atoms with Crippen LogP contribution < -0.4 is 0 Å². The minimum absolute atomic E-state index is 0. The van der Waals surface area contributed by atoms with E-state index < -0.39 is 0 Å². The number of carbonyl (C=O) groups is 1. The third-order valence-corrected chi connectivity index (χ3v) is 6.97. The van der Waals surface area contributed by atoms with Crippen molar-refractivity contribution in [1.82, 2.24) is 0 Å². The predicted molar refractivity (Wildman–Crippen MR) is 229 cm³/mol. The van der Waals surface area contributed by atoms with Crippen molar-refractivity contribution >= 4 is 12.0 Å². The molecule has 6 heteroatoms. The zero-order valence-corrected chi connectivity index (χ0v) is 39.4. The van der Waals surface area contributed by atoms with Crippen molar-refractivity contribution in [1.29, 1.82) is 0 Å². The smallest absolute Gasteiger partial charge is 0.313 e. The van der Waals surface area contributed by atoms with Crippen LogP contribution in [-0.2, 0) is 84.4 Å². The van der Waals surface area contributed by atoms with Gasteiger partial charge in [0.1, 0.15) is 6.10 Å². The Morgan fingerprint density at radius 2 is 1.33 bits per heavy atom. The summed E-state index contributed by atoms with van der Waals surface area (Å²) in [5, 5.41) is 0. The molecule has 3 aromatic rings. The summed E-state index contributed by atoms with van der Waals surface area (Å²) in [6.07, 6.45) is 10.7. The van der Waals surface area contributed by atoms with Crippen LogP contribution in [0.4, 0.5) is 0 Å². The molecule has 0 saturated heterocycles. The molecular weight excluding hydrogens is 818 g/mol. The summed E-state index contributed by atoms with van der Waals surface area (Å²) < 4.78 is 16.2. The van der Waals surface area contributed by atoms with Gasteiger partial charge in [-0.25, -0.2) is 0 Å².